The maximum absolute atomic E-state index is 11.6. The highest BCUT2D eigenvalue weighted by atomic mass is 32.2. The molecule has 0 aromatic heterocycles. The Morgan fingerprint density at radius 2 is 2.00 bits per heavy atom. The van der Waals surface area contributed by atoms with Gasteiger partial charge in [-0.1, -0.05) is 36.8 Å². The number of hydrogen-bond donors (Lipinski definition) is 2. The molecule has 1 rings (SSSR count). The standard InChI is InChI=1S/C15H23NO2S/c1-4-15(3,18)11-16-14(17)10-19-9-13-7-5-12(2)6-8-13/h5-8,18H,4,9-11H2,1-3H3,(H,16,17). The van der Waals surface area contributed by atoms with E-state index in [0.717, 1.165) is 5.75 Å². The molecular formula is C15H23NO2S. The van der Waals surface area contributed by atoms with E-state index in [1.807, 2.05) is 6.92 Å². The third-order valence-electron chi connectivity index (χ3n) is 3.05. The molecule has 0 saturated carbocycles. The molecule has 0 aliphatic heterocycles. The van der Waals surface area contributed by atoms with E-state index in [0.29, 0.717) is 18.7 Å². The van der Waals surface area contributed by atoms with Crippen LogP contribution in [0.1, 0.15) is 31.4 Å². The van der Waals surface area contributed by atoms with Crippen LogP contribution in [0.15, 0.2) is 24.3 Å². The molecule has 0 aliphatic carbocycles. The second-order valence-corrected chi connectivity index (χ2v) is 6.09. The third-order valence-corrected chi connectivity index (χ3v) is 4.05. The Balaban J connectivity index is 2.22. The minimum absolute atomic E-state index is 0.0224. The van der Waals surface area contributed by atoms with E-state index in [4.69, 9.17) is 0 Å². The van der Waals surface area contributed by atoms with Crippen molar-refractivity contribution in [2.24, 2.45) is 0 Å². The number of hydrogen-bond acceptors (Lipinski definition) is 3. The van der Waals surface area contributed by atoms with Crippen molar-refractivity contribution >= 4 is 17.7 Å². The number of aryl methyl sites for hydroxylation is 1. The maximum Gasteiger partial charge on any atom is 0.230 e. The predicted octanol–water partition coefficient (Wildman–Crippen LogP) is 2.51. The first-order valence-electron chi connectivity index (χ1n) is 6.55. The summed E-state index contributed by atoms with van der Waals surface area (Å²) in [5.74, 6) is 1.23. The normalized spacial score (nSPS) is 13.9. The second kappa shape index (κ2) is 7.56. The van der Waals surface area contributed by atoms with Crippen LogP contribution in [-0.2, 0) is 10.5 Å². The highest BCUT2D eigenvalue weighted by molar-refractivity contribution is 7.99. The van der Waals surface area contributed by atoms with E-state index in [-0.39, 0.29) is 5.91 Å². The number of thioether (sulfide) groups is 1. The molecule has 1 atom stereocenters. The van der Waals surface area contributed by atoms with E-state index >= 15 is 0 Å². The lowest BCUT2D eigenvalue weighted by Crippen LogP contribution is -2.40. The molecule has 4 heteroatoms. The molecule has 0 heterocycles. The minimum Gasteiger partial charge on any atom is -0.388 e. The lowest BCUT2D eigenvalue weighted by molar-refractivity contribution is -0.119. The fourth-order valence-corrected chi connectivity index (χ4v) is 2.23. The average Bonchev–Trinajstić information content (AvgIpc) is 2.39. The van der Waals surface area contributed by atoms with Crippen LogP contribution in [0.5, 0.6) is 0 Å². The Kier molecular flexibility index (Phi) is 6.38. The molecule has 0 spiro atoms. The van der Waals surface area contributed by atoms with Crippen molar-refractivity contribution < 1.29 is 9.90 Å². The molecule has 1 amide bonds. The molecule has 0 fully saturated rings. The zero-order chi connectivity index (χ0) is 14.3. The van der Waals surface area contributed by atoms with Crippen LogP contribution in [0, 0.1) is 6.92 Å². The Labute approximate surface area is 119 Å². The summed E-state index contributed by atoms with van der Waals surface area (Å²) in [6.07, 6.45) is 0.629. The first-order valence-corrected chi connectivity index (χ1v) is 7.71. The van der Waals surface area contributed by atoms with Crippen molar-refractivity contribution in [1.82, 2.24) is 5.32 Å². The smallest absolute Gasteiger partial charge is 0.230 e. The van der Waals surface area contributed by atoms with Gasteiger partial charge in [-0.2, -0.15) is 0 Å². The van der Waals surface area contributed by atoms with Gasteiger partial charge in [0.1, 0.15) is 0 Å². The molecule has 0 saturated heterocycles. The summed E-state index contributed by atoms with van der Waals surface area (Å²) in [4.78, 5) is 11.6. The second-order valence-electron chi connectivity index (χ2n) is 5.11. The van der Waals surface area contributed by atoms with Crippen molar-refractivity contribution in [3.05, 3.63) is 35.4 Å². The molecule has 0 bridgehead atoms. The predicted molar refractivity (Wildman–Crippen MR) is 81.3 cm³/mol. The largest absolute Gasteiger partial charge is 0.388 e. The number of rotatable bonds is 7. The van der Waals surface area contributed by atoms with Crippen molar-refractivity contribution in [1.29, 1.82) is 0 Å². The molecule has 0 radical (unpaired) electrons. The van der Waals surface area contributed by atoms with Crippen LogP contribution < -0.4 is 5.32 Å². The summed E-state index contributed by atoms with van der Waals surface area (Å²) in [5, 5.41) is 12.5. The van der Waals surface area contributed by atoms with Gasteiger partial charge in [0.15, 0.2) is 0 Å². The highest BCUT2D eigenvalue weighted by Crippen LogP contribution is 2.13. The quantitative estimate of drug-likeness (QED) is 0.807. The zero-order valence-corrected chi connectivity index (χ0v) is 12.7. The molecule has 106 valence electrons. The summed E-state index contributed by atoms with van der Waals surface area (Å²) in [6.45, 7) is 6.00. The first kappa shape index (κ1) is 16.1. The molecule has 1 aromatic rings. The third kappa shape index (κ3) is 6.64. The monoisotopic (exact) mass is 281 g/mol. The van der Waals surface area contributed by atoms with Gasteiger partial charge in [0, 0.05) is 12.3 Å². The van der Waals surface area contributed by atoms with E-state index in [2.05, 4.69) is 36.5 Å². The van der Waals surface area contributed by atoms with Crippen LogP contribution in [0.3, 0.4) is 0 Å². The summed E-state index contributed by atoms with van der Waals surface area (Å²) >= 11 is 1.58. The topological polar surface area (TPSA) is 49.3 Å². The first-order chi connectivity index (χ1) is 8.93. The molecule has 2 N–H and O–H groups in total. The zero-order valence-electron chi connectivity index (χ0n) is 11.9. The Morgan fingerprint density at radius 1 is 1.37 bits per heavy atom. The van der Waals surface area contributed by atoms with E-state index in [9.17, 15) is 9.90 Å². The summed E-state index contributed by atoms with van der Waals surface area (Å²) in [6, 6.07) is 8.33. The number of carbonyl (C=O) groups is 1. The van der Waals surface area contributed by atoms with Crippen molar-refractivity contribution in [3.8, 4) is 0 Å². The van der Waals surface area contributed by atoms with E-state index in [1.165, 1.54) is 11.1 Å². The highest BCUT2D eigenvalue weighted by Gasteiger charge is 2.18. The van der Waals surface area contributed by atoms with Crippen LogP contribution >= 0.6 is 11.8 Å². The van der Waals surface area contributed by atoms with E-state index in [1.54, 1.807) is 18.7 Å². The van der Waals surface area contributed by atoms with Gasteiger partial charge in [0.2, 0.25) is 5.91 Å². The summed E-state index contributed by atoms with van der Waals surface area (Å²) in [5.41, 5.74) is 1.66. The van der Waals surface area contributed by atoms with Gasteiger partial charge in [-0.3, -0.25) is 4.79 Å². The molecule has 19 heavy (non-hydrogen) atoms. The van der Waals surface area contributed by atoms with Gasteiger partial charge in [-0.05, 0) is 25.8 Å². The Bertz CT molecular complexity index is 401. The van der Waals surface area contributed by atoms with Gasteiger partial charge in [0.05, 0.1) is 11.4 Å². The van der Waals surface area contributed by atoms with E-state index < -0.39 is 5.60 Å². The van der Waals surface area contributed by atoms with Crippen LogP contribution in [0.4, 0.5) is 0 Å². The summed E-state index contributed by atoms with van der Waals surface area (Å²) in [7, 11) is 0. The van der Waals surface area contributed by atoms with Crippen molar-refractivity contribution in [3.63, 3.8) is 0 Å². The number of amides is 1. The molecule has 0 aliphatic rings. The van der Waals surface area contributed by atoms with Crippen LogP contribution in [0.2, 0.25) is 0 Å². The summed E-state index contributed by atoms with van der Waals surface area (Å²) < 4.78 is 0. The fraction of sp³-hybridized carbons (Fsp3) is 0.533. The van der Waals surface area contributed by atoms with Gasteiger partial charge in [0.25, 0.3) is 0 Å². The van der Waals surface area contributed by atoms with Gasteiger partial charge in [-0.15, -0.1) is 11.8 Å². The van der Waals surface area contributed by atoms with Crippen LogP contribution in [0.25, 0.3) is 0 Å². The van der Waals surface area contributed by atoms with Crippen LogP contribution in [-0.4, -0.2) is 28.9 Å². The van der Waals surface area contributed by atoms with Gasteiger partial charge >= 0.3 is 0 Å². The molecule has 3 nitrogen and oxygen atoms in total. The molecule has 1 unspecified atom stereocenters. The lowest BCUT2D eigenvalue weighted by Gasteiger charge is -2.21. The molecule has 1 aromatic carbocycles. The Hall–Kier alpha value is -1.00. The molecular weight excluding hydrogens is 258 g/mol. The fourth-order valence-electron chi connectivity index (χ4n) is 1.41. The number of aliphatic hydroxyl groups is 1. The Morgan fingerprint density at radius 3 is 2.58 bits per heavy atom. The van der Waals surface area contributed by atoms with Crippen molar-refractivity contribution in [2.45, 2.75) is 38.5 Å². The average molecular weight is 281 g/mol. The maximum atomic E-state index is 11.6. The van der Waals surface area contributed by atoms with Gasteiger partial charge < -0.3 is 10.4 Å². The van der Waals surface area contributed by atoms with Crippen molar-refractivity contribution in [2.75, 3.05) is 12.3 Å². The minimum atomic E-state index is -0.808. The number of carbonyl (C=O) groups excluding carboxylic acids is 1. The number of nitrogens with one attached hydrogen (secondary N) is 1. The lowest BCUT2D eigenvalue weighted by atomic mass is 10.0. The number of benzene rings is 1. The SMILES string of the molecule is CCC(C)(O)CNC(=O)CSCc1ccc(C)cc1. The van der Waals surface area contributed by atoms with Gasteiger partial charge in [-0.25, -0.2) is 0 Å².